The lowest BCUT2D eigenvalue weighted by atomic mass is 10.0. The van der Waals surface area contributed by atoms with Crippen LogP contribution in [-0.4, -0.2) is 16.6 Å². The summed E-state index contributed by atoms with van der Waals surface area (Å²) in [5, 5.41) is 4.15. The summed E-state index contributed by atoms with van der Waals surface area (Å²) < 4.78 is 11.4. The highest BCUT2D eigenvalue weighted by Gasteiger charge is 2.30. The number of hydrogen-bond acceptors (Lipinski definition) is 4. The van der Waals surface area contributed by atoms with Crippen molar-refractivity contribution in [2.24, 2.45) is 0 Å². The maximum atomic E-state index is 5.99. The van der Waals surface area contributed by atoms with E-state index in [0.29, 0.717) is 12.6 Å². The summed E-state index contributed by atoms with van der Waals surface area (Å²) in [5.74, 6) is 1.87. The van der Waals surface area contributed by atoms with Crippen molar-refractivity contribution in [2.45, 2.75) is 45.9 Å². The molecule has 0 N–H and O–H groups in total. The van der Waals surface area contributed by atoms with E-state index in [-0.39, 0.29) is 0 Å². The molecule has 0 saturated carbocycles. The van der Waals surface area contributed by atoms with E-state index in [1.165, 1.54) is 23.1 Å². The van der Waals surface area contributed by atoms with Crippen LogP contribution in [0.2, 0.25) is 0 Å². The second-order valence-electron chi connectivity index (χ2n) is 7.29. The molecule has 1 atom stereocenters. The van der Waals surface area contributed by atoms with Crippen molar-refractivity contribution in [3.05, 3.63) is 82.7 Å². The SMILES string of the molecule is Cc1noc(C)c1C1CCCN1Cc1cccc(OCc2ccccc2)c1. The van der Waals surface area contributed by atoms with E-state index in [4.69, 9.17) is 9.26 Å². The Bertz CT molecular complexity index is 869. The summed E-state index contributed by atoms with van der Waals surface area (Å²) in [4.78, 5) is 2.53. The minimum absolute atomic E-state index is 0.394. The standard InChI is InChI=1S/C23H26N2O2/c1-17-23(18(2)27-24-17)22-12-7-13-25(22)15-20-10-6-11-21(14-20)26-16-19-8-4-3-5-9-19/h3-6,8-11,14,22H,7,12-13,15-16H2,1-2H3. The fraction of sp³-hybridized carbons (Fsp3) is 0.348. The summed E-state index contributed by atoms with van der Waals surface area (Å²) >= 11 is 0. The van der Waals surface area contributed by atoms with Crippen LogP contribution in [-0.2, 0) is 13.2 Å². The first kappa shape index (κ1) is 17.8. The average molecular weight is 362 g/mol. The van der Waals surface area contributed by atoms with Crippen LogP contribution in [0.3, 0.4) is 0 Å². The predicted molar refractivity (Wildman–Crippen MR) is 106 cm³/mol. The minimum Gasteiger partial charge on any atom is -0.489 e. The van der Waals surface area contributed by atoms with Gasteiger partial charge in [0.2, 0.25) is 0 Å². The molecule has 0 spiro atoms. The zero-order valence-electron chi connectivity index (χ0n) is 16.0. The van der Waals surface area contributed by atoms with E-state index in [2.05, 4.69) is 40.4 Å². The molecule has 1 aliphatic rings. The highest BCUT2D eigenvalue weighted by Crippen LogP contribution is 2.36. The maximum absolute atomic E-state index is 5.99. The minimum atomic E-state index is 0.394. The number of aryl methyl sites for hydroxylation is 2. The van der Waals surface area contributed by atoms with E-state index in [9.17, 15) is 0 Å². The van der Waals surface area contributed by atoms with Crippen LogP contribution in [0.25, 0.3) is 0 Å². The Hall–Kier alpha value is -2.59. The Labute approximate surface area is 160 Å². The third-order valence-electron chi connectivity index (χ3n) is 5.32. The third-order valence-corrected chi connectivity index (χ3v) is 5.32. The van der Waals surface area contributed by atoms with Gasteiger partial charge in [0.05, 0.1) is 5.69 Å². The number of nitrogens with zero attached hydrogens (tertiary/aromatic N) is 2. The van der Waals surface area contributed by atoms with Gasteiger partial charge in [0.1, 0.15) is 18.1 Å². The van der Waals surface area contributed by atoms with Gasteiger partial charge in [-0.3, -0.25) is 4.90 Å². The Balaban J connectivity index is 1.44. The molecule has 1 aromatic heterocycles. The topological polar surface area (TPSA) is 38.5 Å². The highest BCUT2D eigenvalue weighted by molar-refractivity contribution is 5.30. The number of likely N-dealkylation sites (tertiary alicyclic amines) is 1. The molecule has 140 valence electrons. The Morgan fingerprint density at radius 3 is 2.67 bits per heavy atom. The van der Waals surface area contributed by atoms with Gasteiger partial charge in [-0.2, -0.15) is 0 Å². The van der Waals surface area contributed by atoms with Crippen LogP contribution in [0.15, 0.2) is 59.1 Å². The van der Waals surface area contributed by atoms with Gasteiger partial charge in [0.15, 0.2) is 0 Å². The fourth-order valence-electron chi connectivity index (χ4n) is 4.02. The molecule has 4 rings (SSSR count). The monoisotopic (exact) mass is 362 g/mol. The first-order chi connectivity index (χ1) is 13.2. The molecule has 4 heteroatoms. The Kier molecular flexibility index (Phi) is 5.26. The molecule has 4 nitrogen and oxygen atoms in total. The molecule has 1 unspecified atom stereocenters. The molecule has 2 aromatic carbocycles. The molecule has 0 amide bonds. The van der Waals surface area contributed by atoms with Gasteiger partial charge in [0, 0.05) is 18.2 Å². The second-order valence-corrected chi connectivity index (χ2v) is 7.29. The predicted octanol–water partition coefficient (Wildman–Crippen LogP) is 5.21. The van der Waals surface area contributed by atoms with E-state index >= 15 is 0 Å². The van der Waals surface area contributed by atoms with Crippen LogP contribution in [0.1, 0.15) is 47.0 Å². The van der Waals surface area contributed by atoms with Crippen molar-refractivity contribution in [2.75, 3.05) is 6.54 Å². The summed E-state index contributed by atoms with van der Waals surface area (Å²) in [7, 11) is 0. The van der Waals surface area contributed by atoms with Crippen LogP contribution < -0.4 is 4.74 Å². The first-order valence-electron chi connectivity index (χ1n) is 9.63. The fourth-order valence-corrected chi connectivity index (χ4v) is 4.02. The van der Waals surface area contributed by atoms with Crippen molar-refractivity contribution in [3.8, 4) is 5.75 Å². The van der Waals surface area contributed by atoms with Gasteiger partial charge in [0.25, 0.3) is 0 Å². The quantitative estimate of drug-likeness (QED) is 0.603. The van der Waals surface area contributed by atoms with Crippen LogP contribution in [0.4, 0.5) is 0 Å². The molecule has 1 saturated heterocycles. The normalized spacial score (nSPS) is 17.3. The number of aromatic nitrogens is 1. The number of rotatable bonds is 6. The van der Waals surface area contributed by atoms with Gasteiger partial charge >= 0.3 is 0 Å². The first-order valence-corrected chi connectivity index (χ1v) is 9.63. The zero-order chi connectivity index (χ0) is 18.6. The van der Waals surface area contributed by atoms with E-state index in [1.54, 1.807) is 0 Å². The number of benzene rings is 2. The molecule has 0 radical (unpaired) electrons. The van der Waals surface area contributed by atoms with Gasteiger partial charge < -0.3 is 9.26 Å². The summed E-state index contributed by atoms with van der Waals surface area (Å²) in [6.07, 6.45) is 2.37. The molecule has 0 aliphatic carbocycles. The van der Waals surface area contributed by atoms with Crippen molar-refractivity contribution < 1.29 is 9.26 Å². The molecule has 1 aliphatic heterocycles. The molecular formula is C23H26N2O2. The average Bonchev–Trinajstić information content (AvgIpc) is 3.27. The second kappa shape index (κ2) is 7.97. The molecule has 2 heterocycles. The highest BCUT2D eigenvalue weighted by atomic mass is 16.5. The molecule has 27 heavy (non-hydrogen) atoms. The van der Waals surface area contributed by atoms with Crippen LogP contribution in [0.5, 0.6) is 5.75 Å². The van der Waals surface area contributed by atoms with Crippen molar-refractivity contribution in [3.63, 3.8) is 0 Å². The van der Waals surface area contributed by atoms with Crippen molar-refractivity contribution >= 4 is 0 Å². The lowest BCUT2D eigenvalue weighted by Crippen LogP contribution is -2.23. The van der Waals surface area contributed by atoms with Crippen LogP contribution >= 0.6 is 0 Å². The molecule has 1 fully saturated rings. The molecular weight excluding hydrogens is 336 g/mol. The summed E-state index contributed by atoms with van der Waals surface area (Å²) in [6, 6.07) is 19.1. The summed E-state index contributed by atoms with van der Waals surface area (Å²) in [5.41, 5.74) is 4.74. The van der Waals surface area contributed by atoms with Gasteiger partial charge in [-0.15, -0.1) is 0 Å². The summed E-state index contributed by atoms with van der Waals surface area (Å²) in [6.45, 7) is 6.67. The van der Waals surface area contributed by atoms with E-state index < -0.39 is 0 Å². The smallest absolute Gasteiger partial charge is 0.138 e. The van der Waals surface area contributed by atoms with Gasteiger partial charge in [-0.05, 0) is 56.5 Å². The van der Waals surface area contributed by atoms with Crippen molar-refractivity contribution in [1.82, 2.24) is 10.1 Å². The Morgan fingerprint density at radius 2 is 1.89 bits per heavy atom. The third kappa shape index (κ3) is 4.06. The van der Waals surface area contributed by atoms with E-state index in [0.717, 1.165) is 36.7 Å². The van der Waals surface area contributed by atoms with Crippen LogP contribution in [0, 0.1) is 13.8 Å². The number of ether oxygens (including phenoxy) is 1. The van der Waals surface area contributed by atoms with Gasteiger partial charge in [-0.25, -0.2) is 0 Å². The van der Waals surface area contributed by atoms with Gasteiger partial charge in [-0.1, -0.05) is 47.6 Å². The lowest BCUT2D eigenvalue weighted by Gasteiger charge is -2.24. The molecule has 3 aromatic rings. The lowest BCUT2D eigenvalue weighted by molar-refractivity contribution is 0.244. The van der Waals surface area contributed by atoms with Crippen molar-refractivity contribution in [1.29, 1.82) is 0 Å². The molecule has 0 bridgehead atoms. The zero-order valence-corrected chi connectivity index (χ0v) is 16.0. The largest absolute Gasteiger partial charge is 0.489 e. The van der Waals surface area contributed by atoms with E-state index in [1.807, 2.05) is 38.1 Å². The Morgan fingerprint density at radius 1 is 1.07 bits per heavy atom. The number of hydrogen-bond donors (Lipinski definition) is 0. The maximum Gasteiger partial charge on any atom is 0.138 e.